The number of hydrogen-bond acceptors (Lipinski definition) is 1. The molecule has 17 heavy (non-hydrogen) atoms. The zero-order valence-electron chi connectivity index (χ0n) is 8.94. The molecule has 2 aromatic carbocycles. The summed E-state index contributed by atoms with van der Waals surface area (Å²) in [5.41, 5.74) is 2.52. The van der Waals surface area contributed by atoms with Crippen molar-refractivity contribution in [3.8, 4) is 0 Å². The Bertz CT molecular complexity index is 504. The maximum atomic E-state index is 12.1. The van der Waals surface area contributed by atoms with Gasteiger partial charge in [-0.15, -0.1) is 0 Å². The predicted molar refractivity (Wildman–Crippen MR) is 76.9 cm³/mol. The molecule has 0 aromatic heterocycles. The van der Waals surface area contributed by atoms with Gasteiger partial charge >= 0.3 is 0 Å². The van der Waals surface area contributed by atoms with Crippen LogP contribution < -0.4 is 0 Å². The number of ketones is 1. The summed E-state index contributed by atoms with van der Waals surface area (Å²) >= 11 is 6.84. The first-order chi connectivity index (χ1) is 8.18. The lowest BCUT2D eigenvalue weighted by molar-refractivity contribution is 0.103. The molecule has 0 aliphatic heterocycles. The second-order valence-corrected chi connectivity index (χ2v) is 6.68. The van der Waals surface area contributed by atoms with Gasteiger partial charge in [-0.25, -0.2) is 0 Å². The molecule has 0 spiro atoms. The number of rotatable bonds is 3. The summed E-state index contributed by atoms with van der Waals surface area (Å²) in [6, 6.07) is 16.9. The van der Waals surface area contributed by atoms with E-state index in [1.807, 2.05) is 54.6 Å². The molecule has 0 aliphatic rings. The molecule has 2 aromatic rings. The van der Waals surface area contributed by atoms with E-state index in [-0.39, 0.29) is 9.52 Å². The Morgan fingerprint density at radius 1 is 0.824 bits per heavy atom. The fourth-order valence-electron chi connectivity index (χ4n) is 1.54. The molecular weight excluding hydrogens is 344 g/mol. The summed E-state index contributed by atoms with van der Waals surface area (Å²) in [5, 5.41) is 0. The first kappa shape index (κ1) is 12.5. The molecule has 0 atom stereocenters. The lowest BCUT2D eigenvalue weighted by atomic mass is 10.0. The molecule has 0 fully saturated rings. The van der Waals surface area contributed by atoms with Crippen molar-refractivity contribution in [1.82, 2.24) is 0 Å². The summed E-state index contributed by atoms with van der Waals surface area (Å²) in [5.74, 6) is 0.0536. The highest BCUT2D eigenvalue weighted by molar-refractivity contribution is 9.24. The molecule has 3 heteroatoms. The third-order valence-corrected chi connectivity index (χ3v) is 3.52. The van der Waals surface area contributed by atoms with Gasteiger partial charge in [0.2, 0.25) is 0 Å². The Hall–Kier alpha value is -0.930. The molecule has 0 saturated carbocycles. The van der Waals surface area contributed by atoms with Gasteiger partial charge in [0.15, 0.2) is 5.78 Å². The lowest BCUT2D eigenvalue weighted by Gasteiger charge is -2.04. The van der Waals surface area contributed by atoms with Gasteiger partial charge in [-0.1, -0.05) is 86.5 Å². The SMILES string of the molecule is O=C(c1ccccc1)c1ccc(C(Br)Br)cc1. The Balaban J connectivity index is 2.27. The van der Waals surface area contributed by atoms with Crippen LogP contribution >= 0.6 is 31.9 Å². The van der Waals surface area contributed by atoms with Crippen molar-refractivity contribution < 1.29 is 4.79 Å². The van der Waals surface area contributed by atoms with E-state index in [1.54, 1.807) is 0 Å². The molecule has 0 unspecified atom stereocenters. The zero-order chi connectivity index (χ0) is 12.3. The molecule has 2 rings (SSSR count). The van der Waals surface area contributed by atoms with Crippen LogP contribution in [0.25, 0.3) is 0 Å². The Labute approximate surface area is 117 Å². The van der Waals surface area contributed by atoms with E-state index in [4.69, 9.17) is 0 Å². The number of benzene rings is 2. The molecule has 0 N–H and O–H groups in total. The summed E-state index contributed by atoms with van der Waals surface area (Å²) in [6.07, 6.45) is 0. The van der Waals surface area contributed by atoms with E-state index in [9.17, 15) is 4.79 Å². The number of alkyl halides is 2. The third-order valence-electron chi connectivity index (χ3n) is 2.46. The Kier molecular flexibility index (Phi) is 4.13. The van der Waals surface area contributed by atoms with Crippen molar-refractivity contribution in [3.05, 3.63) is 71.3 Å². The zero-order valence-corrected chi connectivity index (χ0v) is 12.1. The van der Waals surface area contributed by atoms with Crippen molar-refractivity contribution in [2.75, 3.05) is 0 Å². The molecule has 1 nitrogen and oxygen atoms in total. The fourth-order valence-corrected chi connectivity index (χ4v) is 2.15. The van der Waals surface area contributed by atoms with E-state index in [2.05, 4.69) is 31.9 Å². The second-order valence-electron chi connectivity index (χ2n) is 3.62. The van der Waals surface area contributed by atoms with Crippen molar-refractivity contribution in [2.24, 2.45) is 0 Å². The van der Waals surface area contributed by atoms with Gasteiger partial charge in [0.05, 0.1) is 3.74 Å². The predicted octanol–water partition coefficient (Wildman–Crippen LogP) is 4.71. The number of carbonyl (C=O) groups is 1. The average molecular weight is 354 g/mol. The lowest BCUT2D eigenvalue weighted by Crippen LogP contribution is -2.00. The molecule has 0 amide bonds. The van der Waals surface area contributed by atoms with Crippen LogP contribution in [0.3, 0.4) is 0 Å². The largest absolute Gasteiger partial charge is 0.289 e. The fraction of sp³-hybridized carbons (Fsp3) is 0.0714. The van der Waals surface area contributed by atoms with E-state index < -0.39 is 0 Å². The Morgan fingerprint density at radius 3 is 1.88 bits per heavy atom. The molecule has 0 heterocycles. The van der Waals surface area contributed by atoms with Gasteiger partial charge in [-0.2, -0.15) is 0 Å². The topological polar surface area (TPSA) is 17.1 Å². The van der Waals surface area contributed by atoms with E-state index in [0.717, 1.165) is 11.1 Å². The molecule has 0 saturated heterocycles. The minimum atomic E-state index is 0.0536. The van der Waals surface area contributed by atoms with Crippen LogP contribution in [0.2, 0.25) is 0 Å². The third kappa shape index (κ3) is 3.05. The molecule has 0 radical (unpaired) electrons. The van der Waals surface area contributed by atoms with Crippen LogP contribution in [0, 0.1) is 0 Å². The average Bonchev–Trinajstić information content (AvgIpc) is 2.39. The maximum absolute atomic E-state index is 12.1. The van der Waals surface area contributed by atoms with E-state index >= 15 is 0 Å². The molecule has 0 aliphatic carbocycles. The van der Waals surface area contributed by atoms with Gasteiger partial charge in [0, 0.05) is 11.1 Å². The highest BCUT2D eigenvalue weighted by atomic mass is 79.9. The van der Waals surface area contributed by atoms with Crippen LogP contribution in [0.4, 0.5) is 0 Å². The smallest absolute Gasteiger partial charge is 0.193 e. The highest BCUT2D eigenvalue weighted by Gasteiger charge is 2.09. The first-order valence-corrected chi connectivity index (χ1v) is 6.99. The van der Waals surface area contributed by atoms with Gasteiger partial charge in [-0.05, 0) is 5.56 Å². The van der Waals surface area contributed by atoms with Gasteiger partial charge in [-0.3, -0.25) is 4.79 Å². The molecular formula is C14H10Br2O. The van der Waals surface area contributed by atoms with Gasteiger partial charge in [0.1, 0.15) is 0 Å². The first-order valence-electron chi connectivity index (χ1n) is 5.16. The van der Waals surface area contributed by atoms with Crippen molar-refractivity contribution >= 4 is 37.6 Å². The van der Waals surface area contributed by atoms with Gasteiger partial charge in [0.25, 0.3) is 0 Å². The summed E-state index contributed by atoms with van der Waals surface area (Å²) in [6.45, 7) is 0. The number of halogens is 2. The molecule has 0 bridgehead atoms. The monoisotopic (exact) mass is 352 g/mol. The number of carbonyl (C=O) groups excluding carboxylic acids is 1. The normalized spacial score (nSPS) is 10.5. The van der Waals surface area contributed by atoms with Crippen LogP contribution in [-0.4, -0.2) is 5.78 Å². The minimum absolute atomic E-state index is 0.0536. The summed E-state index contributed by atoms with van der Waals surface area (Å²) in [4.78, 5) is 12.1. The Morgan fingerprint density at radius 2 is 1.35 bits per heavy atom. The quantitative estimate of drug-likeness (QED) is 0.577. The summed E-state index contributed by atoms with van der Waals surface area (Å²) < 4.78 is 0.121. The van der Waals surface area contributed by atoms with E-state index in [0.29, 0.717) is 5.56 Å². The van der Waals surface area contributed by atoms with Crippen LogP contribution in [0.15, 0.2) is 54.6 Å². The summed E-state index contributed by atoms with van der Waals surface area (Å²) in [7, 11) is 0. The highest BCUT2D eigenvalue weighted by Crippen LogP contribution is 2.29. The molecule has 86 valence electrons. The van der Waals surface area contributed by atoms with Crippen LogP contribution in [0.5, 0.6) is 0 Å². The van der Waals surface area contributed by atoms with Crippen LogP contribution in [0.1, 0.15) is 25.2 Å². The second kappa shape index (κ2) is 5.61. The van der Waals surface area contributed by atoms with Crippen LogP contribution in [-0.2, 0) is 0 Å². The standard InChI is InChI=1S/C14H10Br2O/c15-14(16)12-8-6-11(7-9-12)13(17)10-4-2-1-3-5-10/h1-9,14H. The maximum Gasteiger partial charge on any atom is 0.193 e. The minimum Gasteiger partial charge on any atom is -0.289 e. The van der Waals surface area contributed by atoms with Crippen molar-refractivity contribution in [3.63, 3.8) is 0 Å². The van der Waals surface area contributed by atoms with Crippen molar-refractivity contribution in [1.29, 1.82) is 0 Å². The van der Waals surface area contributed by atoms with Gasteiger partial charge < -0.3 is 0 Å². The van der Waals surface area contributed by atoms with Crippen molar-refractivity contribution in [2.45, 2.75) is 3.74 Å². The van der Waals surface area contributed by atoms with E-state index in [1.165, 1.54) is 0 Å². The number of hydrogen-bond donors (Lipinski definition) is 0.